The average molecular weight is 429 g/mol. The maximum atomic E-state index is 11.4. The second-order valence-electron chi connectivity index (χ2n) is 13.6. The molecular formula is C30H52O. The van der Waals surface area contributed by atoms with Gasteiger partial charge in [-0.1, -0.05) is 64.8 Å². The summed E-state index contributed by atoms with van der Waals surface area (Å²) < 4.78 is 0. The number of fused-ring (bicyclic) bond motifs is 1. The molecule has 0 unspecified atom stereocenters. The summed E-state index contributed by atoms with van der Waals surface area (Å²) in [4.78, 5) is 0. The Kier molecular flexibility index (Phi) is 7.28. The van der Waals surface area contributed by atoms with Crippen LogP contribution in [-0.4, -0.2) is 10.7 Å². The fraction of sp³-hybridized carbons (Fsp3) is 0.867. The lowest BCUT2D eigenvalue weighted by Crippen LogP contribution is -2.57. The van der Waals surface area contributed by atoms with E-state index in [9.17, 15) is 5.11 Å². The van der Waals surface area contributed by atoms with Crippen molar-refractivity contribution < 1.29 is 5.11 Å². The van der Waals surface area contributed by atoms with Gasteiger partial charge in [-0.3, -0.25) is 0 Å². The fourth-order valence-corrected chi connectivity index (χ4v) is 8.50. The number of hydrogen-bond acceptors (Lipinski definition) is 1. The van der Waals surface area contributed by atoms with E-state index in [-0.39, 0.29) is 5.41 Å². The van der Waals surface area contributed by atoms with Gasteiger partial charge in [0.05, 0.1) is 5.60 Å². The topological polar surface area (TPSA) is 20.2 Å². The number of rotatable bonds is 6. The van der Waals surface area contributed by atoms with Gasteiger partial charge in [0.15, 0.2) is 0 Å². The summed E-state index contributed by atoms with van der Waals surface area (Å²) in [5.74, 6) is 1.84. The predicted molar refractivity (Wildman–Crippen MR) is 135 cm³/mol. The van der Waals surface area contributed by atoms with E-state index >= 15 is 0 Å². The van der Waals surface area contributed by atoms with Gasteiger partial charge in [0, 0.05) is 0 Å². The van der Waals surface area contributed by atoms with E-state index in [1.54, 1.807) is 0 Å². The molecule has 1 N–H and O–H groups in total. The molecule has 3 fully saturated rings. The van der Waals surface area contributed by atoms with Gasteiger partial charge in [-0.25, -0.2) is 0 Å². The SMILES string of the molecule is C=C1CCCC(C)(C)[C@H]1CCC(C)=CCC[C@@H]1[C@@]2(C)CCCC(C)(C)[C@@H]2CC[C@@]1(C)O. The van der Waals surface area contributed by atoms with Crippen LogP contribution in [0, 0.1) is 34.0 Å². The molecule has 0 saturated heterocycles. The third kappa shape index (κ3) is 5.18. The van der Waals surface area contributed by atoms with Crippen molar-refractivity contribution in [2.24, 2.45) is 34.0 Å². The van der Waals surface area contributed by atoms with Gasteiger partial charge in [-0.2, -0.15) is 0 Å². The number of allylic oxidation sites excluding steroid dienone is 3. The smallest absolute Gasteiger partial charge is 0.0653 e. The van der Waals surface area contributed by atoms with Crippen LogP contribution in [-0.2, 0) is 0 Å². The molecule has 0 heterocycles. The minimum atomic E-state index is -0.510. The summed E-state index contributed by atoms with van der Waals surface area (Å²) in [6.07, 6.45) is 17.2. The van der Waals surface area contributed by atoms with Gasteiger partial charge in [0.2, 0.25) is 0 Å². The van der Waals surface area contributed by atoms with Gasteiger partial charge < -0.3 is 5.11 Å². The molecule has 0 aromatic carbocycles. The Hall–Kier alpha value is -0.560. The van der Waals surface area contributed by atoms with Crippen molar-refractivity contribution in [1.82, 2.24) is 0 Å². The first-order chi connectivity index (χ1) is 14.3. The number of aliphatic hydroxyl groups is 1. The Labute approximate surface area is 194 Å². The highest BCUT2D eigenvalue weighted by molar-refractivity contribution is 5.12. The van der Waals surface area contributed by atoms with Gasteiger partial charge in [0.1, 0.15) is 0 Å². The lowest BCUT2D eigenvalue weighted by molar-refractivity contribution is -0.168. The summed E-state index contributed by atoms with van der Waals surface area (Å²) in [6.45, 7) is 21.2. The maximum absolute atomic E-state index is 11.4. The molecule has 0 amide bonds. The minimum Gasteiger partial charge on any atom is -0.390 e. The third-order valence-corrected chi connectivity index (χ3v) is 10.3. The van der Waals surface area contributed by atoms with Gasteiger partial charge in [-0.05, 0) is 118 Å². The van der Waals surface area contributed by atoms with Crippen molar-refractivity contribution in [3.8, 4) is 0 Å². The van der Waals surface area contributed by atoms with Crippen LogP contribution in [0.5, 0.6) is 0 Å². The van der Waals surface area contributed by atoms with E-state index in [2.05, 4.69) is 61.1 Å². The molecule has 1 heteroatoms. The van der Waals surface area contributed by atoms with Gasteiger partial charge in [0.25, 0.3) is 0 Å². The predicted octanol–water partition coefficient (Wildman–Crippen LogP) is 8.87. The van der Waals surface area contributed by atoms with Crippen LogP contribution >= 0.6 is 0 Å². The zero-order valence-corrected chi connectivity index (χ0v) is 21.9. The zero-order valence-electron chi connectivity index (χ0n) is 21.9. The van der Waals surface area contributed by atoms with Crippen molar-refractivity contribution in [3.63, 3.8) is 0 Å². The molecule has 0 spiro atoms. The van der Waals surface area contributed by atoms with Crippen molar-refractivity contribution >= 4 is 0 Å². The molecule has 3 aliphatic carbocycles. The third-order valence-electron chi connectivity index (χ3n) is 10.3. The second-order valence-corrected chi connectivity index (χ2v) is 13.6. The summed E-state index contributed by atoms with van der Waals surface area (Å²) in [5.41, 5.74) is 3.63. The molecule has 5 atom stereocenters. The van der Waals surface area contributed by atoms with Crippen molar-refractivity contribution in [2.45, 2.75) is 131 Å². The molecule has 31 heavy (non-hydrogen) atoms. The Morgan fingerprint density at radius 3 is 2.32 bits per heavy atom. The van der Waals surface area contributed by atoms with Crippen LogP contribution in [0.25, 0.3) is 0 Å². The lowest BCUT2D eigenvalue weighted by Gasteiger charge is -2.61. The standard InChI is InChI=1S/C30H52O/c1-22(15-16-24-23(2)13-10-18-27(24,3)4)12-9-14-26-29(7)20-11-19-28(5,6)25(29)17-21-30(26,8)31/h12,24-26,31H,2,9-11,13-21H2,1,3-8H3/t24-,25-,26+,29-,30+/m0/s1. The van der Waals surface area contributed by atoms with Crippen molar-refractivity contribution in [3.05, 3.63) is 23.8 Å². The Morgan fingerprint density at radius 2 is 1.65 bits per heavy atom. The van der Waals surface area contributed by atoms with E-state index in [1.165, 1.54) is 68.9 Å². The Bertz CT molecular complexity index is 679. The first-order valence-corrected chi connectivity index (χ1v) is 13.4. The van der Waals surface area contributed by atoms with E-state index < -0.39 is 5.60 Å². The highest BCUT2D eigenvalue weighted by Gasteiger charge is 2.57. The molecule has 0 radical (unpaired) electrons. The summed E-state index contributed by atoms with van der Waals surface area (Å²) in [5, 5.41) is 11.4. The number of hydrogen-bond donors (Lipinski definition) is 1. The monoisotopic (exact) mass is 428 g/mol. The first-order valence-electron chi connectivity index (χ1n) is 13.4. The summed E-state index contributed by atoms with van der Waals surface area (Å²) >= 11 is 0. The fourth-order valence-electron chi connectivity index (χ4n) is 8.50. The van der Waals surface area contributed by atoms with Crippen LogP contribution < -0.4 is 0 Å². The van der Waals surface area contributed by atoms with Crippen LogP contribution in [0.4, 0.5) is 0 Å². The van der Waals surface area contributed by atoms with Gasteiger partial charge >= 0.3 is 0 Å². The zero-order chi connectivity index (χ0) is 23.1. The van der Waals surface area contributed by atoms with Crippen LogP contribution in [0.3, 0.4) is 0 Å². The molecule has 0 aromatic heterocycles. The molecule has 1 nitrogen and oxygen atoms in total. The van der Waals surface area contributed by atoms with E-state index in [0.717, 1.165) is 25.2 Å². The highest BCUT2D eigenvalue weighted by Crippen LogP contribution is 2.62. The van der Waals surface area contributed by atoms with E-state index in [1.807, 2.05) is 0 Å². The molecule has 3 aliphatic rings. The van der Waals surface area contributed by atoms with Crippen LogP contribution in [0.2, 0.25) is 0 Å². The highest BCUT2D eigenvalue weighted by atomic mass is 16.3. The van der Waals surface area contributed by atoms with Crippen LogP contribution in [0.15, 0.2) is 23.8 Å². The van der Waals surface area contributed by atoms with Crippen LogP contribution in [0.1, 0.15) is 126 Å². The quantitative estimate of drug-likeness (QED) is 0.419. The van der Waals surface area contributed by atoms with Gasteiger partial charge in [-0.15, -0.1) is 0 Å². The summed E-state index contributed by atoms with van der Waals surface area (Å²) in [6, 6.07) is 0. The largest absolute Gasteiger partial charge is 0.390 e. The normalized spacial score (nSPS) is 40.5. The molecule has 3 saturated carbocycles. The first kappa shape index (κ1) is 25.1. The Morgan fingerprint density at radius 1 is 0.968 bits per heavy atom. The molecule has 0 aromatic rings. The second kappa shape index (κ2) is 9.00. The molecule has 0 bridgehead atoms. The Balaban J connectivity index is 1.62. The average Bonchev–Trinajstić information content (AvgIpc) is 2.62. The molecular weight excluding hydrogens is 376 g/mol. The minimum absolute atomic E-state index is 0.287. The summed E-state index contributed by atoms with van der Waals surface area (Å²) in [7, 11) is 0. The molecule has 3 rings (SSSR count). The molecule has 178 valence electrons. The van der Waals surface area contributed by atoms with Crippen molar-refractivity contribution in [1.29, 1.82) is 0 Å². The van der Waals surface area contributed by atoms with E-state index in [4.69, 9.17) is 0 Å². The molecule has 0 aliphatic heterocycles. The van der Waals surface area contributed by atoms with E-state index in [0.29, 0.717) is 22.7 Å². The van der Waals surface area contributed by atoms with Crippen molar-refractivity contribution in [2.75, 3.05) is 0 Å². The maximum Gasteiger partial charge on any atom is 0.0653 e. The lowest BCUT2D eigenvalue weighted by atomic mass is 9.45.